The van der Waals surface area contributed by atoms with Crippen molar-refractivity contribution >= 4 is 27.7 Å². The number of amides is 2. The molecule has 182 valence electrons. The average Bonchev–Trinajstić information content (AvgIpc) is 3.40. The van der Waals surface area contributed by atoms with Gasteiger partial charge in [0.15, 0.2) is 0 Å². The van der Waals surface area contributed by atoms with Gasteiger partial charge in [0.25, 0.3) is 10.0 Å². The molecular weight excluding hydrogens is 440 g/mol. The summed E-state index contributed by atoms with van der Waals surface area (Å²) in [5.41, 5.74) is 7.71. The lowest BCUT2D eigenvalue weighted by molar-refractivity contribution is 0.246. The Balaban J connectivity index is 1.43. The first kappa shape index (κ1) is 23.8. The molecule has 10 heteroatoms. The Kier molecular flexibility index (Phi) is 7.13. The summed E-state index contributed by atoms with van der Waals surface area (Å²) in [5, 5.41) is 2.95. The average molecular weight is 477 g/mol. The van der Waals surface area contributed by atoms with E-state index in [0.29, 0.717) is 32.0 Å². The number of aliphatic imine (C=N–C) groups is 1. The van der Waals surface area contributed by atoms with E-state index in [-0.39, 0.29) is 22.9 Å². The molecule has 1 aromatic carbocycles. The first-order chi connectivity index (χ1) is 15.8. The van der Waals surface area contributed by atoms with Gasteiger partial charge in [0, 0.05) is 18.8 Å². The highest BCUT2D eigenvalue weighted by Crippen LogP contribution is 2.34. The Hall–Kier alpha value is -2.33. The molecule has 1 aromatic rings. The maximum atomic E-state index is 13.4. The number of nitrogens with two attached hydrogens (primary N) is 1. The predicted octanol–water partition coefficient (Wildman–Crippen LogP) is 1.98. The summed E-state index contributed by atoms with van der Waals surface area (Å²) in [7, 11) is 0.213. The smallest absolute Gasteiger partial charge is 0.321 e. The van der Waals surface area contributed by atoms with Crippen LogP contribution in [0, 0.1) is 5.92 Å². The van der Waals surface area contributed by atoms with Gasteiger partial charge in [-0.1, -0.05) is 19.3 Å². The molecule has 0 unspecified atom stereocenters. The second-order valence-electron chi connectivity index (χ2n) is 9.57. The molecule has 33 heavy (non-hydrogen) atoms. The van der Waals surface area contributed by atoms with Crippen molar-refractivity contribution in [1.82, 2.24) is 14.5 Å². The number of urea groups is 1. The van der Waals surface area contributed by atoms with E-state index in [2.05, 4.69) is 15.2 Å². The van der Waals surface area contributed by atoms with Gasteiger partial charge in [0.05, 0.1) is 17.5 Å². The normalized spacial score (nSPS) is 21.4. The van der Waals surface area contributed by atoms with Crippen LogP contribution in [0.2, 0.25) is 0 Å². The Bertz CT molecular complexity index is 1000. The number of carbonyl (C=O) groups excluding carboxylic acids is 1. The minimum absolute atomic E-state index is 0.0545. The van der Waals surface area contributed by atoms with Crippen LogP contribution in [-0.4, -0.2) is 75.9 Å². The largest absolute Gasteiger partial charge is 0.369 e. The van der Waals surface area contributed by atoms with Crippen LogP contribution in [-0.2, 0) is 16.4 Å². The quantitative estimate of drug-likeness (QED) is 0.585. The van der Waals surface area contributed by atoms with Crippen molar-refractivity contribution in [2.24, 2.45) is 16.6 Å². The minimum Gasteiger partial charge on any atom is -0.369 e. The third-order valence-corrected chi connectivity index (χ3v) is 8.70. The van der Waals surface area contributed by atoms with Crippen LogP contribution < -0.4 is 16.0 Å². The van der Waals surface area contributed by atoms with E-state index in [0.717, 1.165) is 37.1 Å². The van der Waals surface area contributed by atoms with Gasteiger partial charge >= 0.3 is 6.03 Å². The summed E-state index contributed by atoms with van der Waals surface area (Å²) >= 11 is 0. The van der Waals surface area contributed by atoms with Gasteiger partial charge < -0.3 is 16.0 Å². The van der Waals surface area contributed by atoms with Gasteiger partial charge in [0.1, 0.15) is 0 Å². The third-order valence-electron chi connectivity index (χ3n) is 6.94. The summed E-state index contributed by atoms with van der Waals surface area (Å²) in [6.07, 6.45) is 7.25. The highest BCUT2D eigenvalue weighted by Gasteiger charge is 2.38. The van der Waals surface area contributed by atoms with Crippen LogP contribution in [0.3, 0.4) is 0 Å². The first-order valence-electron chi connectivity index (χ1n) is 12.0. The SMILES string of the molecule is CN(C)CCCNC(=O)N1CCc2cc(S(=O)(=O)N3C[C@H](C4CCCCC4)N=C3N)ccc21. The lowest BCUT2D eigenvalue weighted by atomic mass is 9.84. The summed E-state index contributed by atoms with van der Waals surface area (Å²) in [6, 6.07) is 4.80. The first-order valence-corrected chi connectivity index (χ1v) is 13.4. The van der Waals surface area contributed by atoms with Crippen LogP contribution in [0.25, 0.3) is 0 Å². The molecule has 1 fully saturated rings. The molecule has 0 aromatic heterocycles. The van der Waals surface area contributed by atoms with E-state index in [1.807, 2.05) is 14.1 Å². The molecule has 2 heterocycles. The van der Waals surface area contributed by atoms with Crippen molar-refractivity contribution in [3.05, 3.63) is 23.8 Å². The van der Waals surface area contributed by atoms with Gasteiger partial charge in [0.2, 0.25) is 5.96 Å². The van der Waals surface area contributed by atoms with E-state index >= 15 is 0 Å². The topological polar surface area (TPSA) is 111 Å². The summed E-state index contributed by atoms with van der Waals surface area (Å²) < 4.78 is 28.0. The molecule has 1 saturated carbocycles. The Labute approximate surface area is 197 Å². The van der Waals surface area contributed by atoms with Crippen LogP contribution in [0.5, 0.6) is 0 Å². The van der Waals surface area contributed by atoms with Crippen molar-refractivity contribution in [1.29, 1.82) is 0 Å². The fourth-order valence-corrected chi connectivity index (χ4v) is 6.52. The molecule has 0 bridgehead atoms. The van der Waals surface area contributed by atoms with Crippen molar-refractivity contribution in [2.45, 2.75) is 55.9 Å². The molecule has 9 nitrogen and oxygen atoms in total. The molecule has 0 saturated heterocycles. The fourth-order valence-electron chi connectivity index (χ4n) is 5.10. The number of anilines is 1. The fraction of sp³-hybridized carbons (Fsp3) is 0.652. The number of sulfonamides is 1. The second kappa shape index (κ2) is 9.89. The van der Waals surface area contributed by atoms with Crippen LogP contribution >= 0.6 is 0 Å². The molecule has 3 aliphatic rings. The molecule has 1 aliphatic carbocycles. The van der Waals surface area contributed by atoms with E-state index in [1.165, 1.54) is 23.6 Å². The summed E-state index contributed by atoms with van der Waals surface area (Å²) in [4.78, 5) is 21.1. The lowest BCUT2D eigenvalue weighted by Gasteiger charge is -2.26. The number of guanidine groups is 1. The van der Waals surface area contributed by atoms with Crippen LogP contribution in [0.4, 0.5) is 10.5 Å². The van der Waals surface area contributed by atoms with Crippen molar-refractivity contribution in [3.63, 3.8) is 0 Å². The number of nitrogens with zero attached hydrogens (tertiary/aromatic N) is 4. The van der Waals surface area contributed by atoms with Crippen molar-refractivity contribution in [3.8, 4) is 0 Å². The van der Waals surface area contributed by atoms with Gasteiger partial charge in [-0.25, -0.2) is 22.5 Å². The maximum Gasteiger partial charge on any atom is 0.321 e. The lowest BCUT2D eigenvalue weighted by Crippen LogP contribution is -2.40. The van der Waals surface area contributed by atoms with Crippen molar-refractivity contribution < 1.29 is 13.2 Å². The second-order valence-corrected chi connectivity index (χ2v) is 11.4. The van der Waals surface area contributed by atoms with E-state index < -0.39 is 10.0 Å². The molecule has 2 amide bonds. The zero-order valence-corrected chi connectivity index (χ0v) is 20.5. The van der Waals surface area contributed by atoms with Gasteiger partial charge in [-0.05, 0) is 76.0 Å². The summed E-state index contributed by atoms with van der Waals surface area (Å²) in [6.45, 7) is 2.36. The van der Waals surface area contributed by atoms with Gasteiger partial charge in [-0.15, -0.1) is 0 Å². The number of rotatable bonds is 7. The minimum atomic E-state index is -3.79. The number of fused-ring (bicyclic) bond motifs is 1. The molecule has 0 spiro atoms. The van der Waals surface area contributed by atoms with Crippen molar-refractivity contribution in [2.75, 3.05) is 45.2 Å². The highest BCUT2D eigenvalue weighted by atomic mass is 32.2. The van der Waals surface area contributed by atoms with Gasteiger partial charge in [-0.2, -0.15) is 0 Å². The highest BCUT2D eigenvalue weighted by molar-refractivity contribution is 7.89. The number of hydrogen-bond donors (Lipinski definition) is 2. The predicted molar refractivity (Wildman–Crippen MR) is 130 cm³/mol. The maximum absolute atomic E-state index is 13.4. The third kappa shape index (κ3) is 5.11. The summed E-state index contributed by atoms with van der Waals surface area (Å²) in [5.74, 6) is 0.493. The Morgan fingerprint density at radius 3 is 2.73 bits per heavy atom. The Morgan fingerprint density at radius 1 is 1.24 bits per heavy atom. The number of carbonyl (C=O) groups is 1. The zero-order valence-electron chi connectivity index (χ0n) is 19.7. The molecular formula is C23H36N6O3S. The van der Waals surface area contributed by atoms with E-state index in [9.17, 15) is 13.2 Å². The van der Waals surface area contributed by atoms with Crippen LogP contribution in [0.15, 0.2) is 28.1 Å². The van der Waals surface area contributed by atoms with Gasteiger partial charge in [-0.3, -0.25) is 4.90 Å². The molecule has 2 aliphatic heterocycles. The Morgan fingerprint density at radius 2 is 2.00 bits per heavy atom. The standard InChI is InChI=1S/C23H36N6O3S/c1-27(2)13-6-12-25-23(30)28-14-11-18-15-19(9-10-21(18)28)33(31,32)29-16-20(26-22(29)24)17-7-4-3-5-8-17/h9-10,15,17,20H,3-8,11-14,16H2,1-2H3,(H2,24,26)(H,25,30)/t20-/m1/s1. The molecule has 1 atom stereocenters. The number of nitrogens with one attached hydrogen (secondary N) is 1. The molecule has 3 N–H and O–H groups in total. The number of benzene rings is 1. The molecule has 0 radical (unpaired) electrons. The van der Waals surface area contributed by atoms with E-state index in [1.54, 1.807) is 23.1 Å². The van der Waals surface area contributed by atoms with E-state index in [4.69, 9.17) is 5.73 Å². The number of hydrogen-bond acceptors (Lipinski definition) is 6. The monoisotopic (exact) mass is 476 g/mol. The van der Waals surface area contributed by atoms with Crippen LogP contribution in [0.1, 0.15) is 44.1 Å². The molecule has 4 rings (SSSR count). The zero-order chi connectivity index (χ0) is 23.6.